The number of carbonyl (C=O) groups excluding carboxylic acids is 2. The SMILES string of the molecule is O=C([O-])c1ccccc1C(=O)[O-].c1ccc([S+](c2ccccc2)c2ccccc2)cc1.c1ccc([S+](c2ccccc2)c2ccccc2)cc1. The lowest BCUT2D eigenvalue weighted by atomic mass is 10.1. The van der Waals surface area contributed by atoms with Crippen molar-refractivity contribution in [2.75, 3.05) is 0 Å². The van der Waals surface area contributed by atoms with Crippen molar-refractivity contribution in [3.63, 3.8) is 0 Å². The van der Waals surface area contributed by atoms with E-state index in [1.165, 1.54) is 41.5 Å². The standard InChI is InChI=1S/2C18H15S.C8H6O4/c2*1-4-10-16(11-5-1)19(17-12-6-2-7-13-17)18-14-8-3-9-15-18;9-7(10)5-3-1-2-4-6(5)8(11)12/h2*1-15H;1-4H,(H,9,10)(H,11,12)/q2*+1;/p-2. The molecular formula is C44H34O4S2. The Morgan fingerprint density at radius 2 is 0.440 bits per heavy atom. The summed E-state index contributed by atoms with van der Waals surface area (Å²) in [6.07, 6.45) is 0. The van der Waals surface area contributed by atoms with Crippen LogP contribution >= 0.6 is 0 Å². The summed E-state index contributed by atoms with van der Waals surface area (Å²) in [7, 11) is -0.0293. The average molecular weight is 691 g/mol. The second-order valence-electron chi connectivity index (χ2n) is 10.6. The van der Waals surface area contributed by atoms with Gasteiger partial charge < -0.3 is 19.8 Å². The first kappa shape index (κ1) is 35.5. The number of carbonyl (C=O) groups is 2. The Hall–Kier alpha value is -5.82. The van der Waals surface area contributed by atoms with Crippen molar-refractivity contribution in [2.24, 2.45) is 0 Å². The van der Waals surface area contributed by atoms with Crippen molar-refractivity contribution in [1.82, 2.24) is 0 Å². The molecule has 0 saturated carbocycles. The van der Waals surface area contributed by atoms with Crippen molar-refractivity contribution in [3.8, 4) is 0 Å². The normalized spacial score (nSPS) is 10.3. The lowest BCUT2D eigenvalue weighted by molar-refractivity contribution is -0.259. The third-order valence-electron chi connectivity index (χ3n) is 7.24. The molecule has 0 radical (unpaired) electrons. The van der Waals surface area contributed by atoms with Crippen molar-refractivity contribution >= 4 is 33.7 Å². The molecule has 0 atom stereocenters. The molecule has 0 spiro atoms. The molecule has 0 aliphatic rings. The molecule has 0 bridgehead atoms. The van der Waals surface area contributed by atoms with E-state index in [2.05, 4.69) is 182 Å². The second-order valence-corrected chi connectivity index (χ2v) is 14.7. The molecule has 7 aromatic rings. The van der Waals surface area contributed by atoms with Gasteiger partial charge in [-0.15, -0.1) is 0 Å². The summed E-state index contributed by atoms with van der Waals surface area (Å²) in [4.78, 5) is 28.8. The first-order valence-corrected chi connectivity index (χ1v) is 18.3. The van der Waals surface area contributed by atoms with Gasteiger partial charge in [0.15, 0.2) is 29.4 Å². The Labute approximate surface area is 299 Å². The Morgan fingerprint density at radius 3 is 0.600 bits per heavy atom. The summed E-state index contributed by atoms with van der Waals surface area (Å²) in [6.45, 7) is 0. The second kappa shape index (κ2) is 18.7. The Kier molecular flexibility index (Phi) is 13.2. The van der Waals surface area contributed by atoms with Crippen LogP contribution in [-0.4, -0.2) is 11.9 Å². The van der Waals surface area contributed by atoms with Gasteiger partial charge in [-0.05, 0) is 72.8 Å². The molecular weight excluding hydrogens is 657 g/mol. The van der Waals surface area contributed by atoms with Gasteiger partial charge in [-0.3, -0.25) is 0 Å². The van der Waals surface area contributed by atoms with Crippen molar-refractivity contribution in [2.45, 2.75) is 29.4 Å². The van der Waals surface area contributed by atoms with Gasteiger partial charge in [-0.1, -0.05) is 133 Å². The zero-order valence-electron chi connectivity index (χ0n) is 27.1. The minimum Gasteiger partial charge on any atom is -0.545 e. The average Bonchev–Trinajstić information content (AvgIpc) is 3.18. The summed E-state index contributed by atoms with van der Waals surface area (Å²) in [5.41, 5.74) is -0.727. The van der Waals surface area contributed by atoms with E-state index in [1.807, 2.05) is 0 Å². The van der Waals surface area contributed by atoms with Crippen LogP contribution in [0, 0.1) is 0 Å². The smallest absolute Gasteiger partial charge is 0.166 e. The molecule has 50 heavy (non-hydrogen) atoms. The molecule has 0 saturated heterocycles. The van der Waals surface area contributed by atoms with Gasteiger partial charge in [0.05, 0.1) is 33.7 Å². The molecule has 6 heteroatoms. The topological polar surface area (TPSA) is 80.3 Å². The predicted octanol–water partition coefficient (Wildman–Crippen LogP) is 7.98. The highest BCUT2D eigenvalue weighted by atomic mass is 32.2. The molecule has 7 aromatic carbocycles. The summed E-state index contributed by atoms with van der Waals surface area (Å²) in [6, 6.07) is 69.4. The van der Waals surface area contributed by atoms with E-state index < -0.39 is 11.9 Å². The molecule has 246 valence electrons. The fourth-order valence-electron chi connectivity index (χ4n) is 5.00. The van der Waals surface area contributed by atoms with Crippen LogP contribution in [0.25, 0.3) is 0 Å². The maximum atomic E-state index is 10.3. The van der Waals surface area contributed by atoms with Crippen LogP contribution in [0.4, 0.5) is 0 Å². The van der Waals surface area contributed by atoms with Crippen LogP contribution in [-0.2, 0) is 21.8 Å². The van der Waals surface area contributed by atoms with E-state index in [9.17, 15) is 19.8 Å². The molecule has 0 aliphatic carbocycles. The number of rotatable bonds is 8. The van der Waals surface area contributed by atoms with Crippen LogP contribution in [0.1, 0.15) is 20.7 Å². The first-order chi connectivity index (χ1) is 24.5. The third-order valence-corrected chi connectivity index (χ3v) is 11.7. The molecule has 0 N–H and O–H groups in total. The van der Waals surface area contributed by atoms with Crippen LogP contribution in [0.3, 0.4) is 0 Å². The number of aromatic carboxylic acids is 2. The molecule has 4 nitrogen and oxygen atoms in total. The summed E-state index contributed by atoms with van der Waals surface area (Å²) < 4.78 is 0. The van der Waals surface area contributed by atoms with Gasteiger partial charge in [0.25, 0.3) is 0 Å². The quantitative estimate of drug-likeness (QED) is 0.152. The van der Waals surface area contributed by atoms with Gasteiger partial charge >= 0.3 is 0 Å². The van der Waals surface area contributed by atoms with Crippen LogP contribution in [0.2, 0.25) is 0 Å². The molecule has 0 heterocycles. The monoisotopic (exact) mass is 690 g/mol. The van der Waals surface area contributed by atoms with Crippen LogP contribution in [0.15, 0.2) is 236 Å². The van der Waals surface area contributed by atoms with E-state index in [4.69, 9.17) is 0 Å². The van der Waals surface area contributed by atoms with Crippen LogP contribution in [0.5, 0.6) is 0 Å². The summed E-state index contributed by atoms with van der Waals surface area (Å²) >= 11 is 0. The summed E-state index contributed by atoms with van der Waals surface area (Å²) in [5, 5.41) is 20.6. The molecule has 0 amide bonds. The Balaban J connectivity index is 0.000000150. The van der Waals surface area contributed by atoms with Gasteiger partial charge in [0.1, 0.15) is 0 Å². The molecule has 0 unspecified atom stereocenters. The van der Waals surface area contributed by atoms with Crippen molar-refractivity contribution < 1.29 is 19.8 Å². The fourth-order valence-corrected chi connectivity index (χ4v) is 9.20. The van der Waals surface area contributed by atoms with E-state index in [0.717, 1.165) is 12.1 Å². The lowest BCUT2D eigenvalue weighted by Gasteiger charge is -2.09. The fraction of sp³-hybridized carbons (Fsp3) is 0. The van der Waals surface area contributed by atoms with Crippen molar-refractivity contribution in [1.29, 1.82) is 0 Å². The Morgan fingerprint density at radius 1 is 0.280 bits per heavy atom. The Bertz CT molecular complexity index is 1700. The first-order valence-electron chi connectivity index (χ1n) is 15.8. The highest BCUT2D eigenvalue weighted by molar-refractivity contribution is 7.97. The predicted molar refractivity (Wildman–Crippen MR) is 198 cm³/mol. The molecule has 0 fully saturated rings. The maximum Gasteiger partial charge on any atom is 0.166 e. The molecule has 7 rings (SSSR count). The van der Waals surface area contributed by atoms with Gasteiger partial charge in [-0.2, -0.15) is 0 Å². The largest absolute Gasteiger partial charge is 0.545 e. The number of carboxylic acid groups (broad SMARTS) is 2. The van der Waals surface area contributed by atoms with E-state index in [0.29, 0.717) is 0 Å². The number of hydrogen-bond acceptors (Lipinski definition) is 4. The highest BCUT2D eigenvalue weighted by Gasteiger charge is 2.28. The van der Waals surface area contributed by atoms with E-state index in [1.54, 1.807) is 0 Å². The number of carboxylic acids is 2. The molecule has 0 aliphatic heterocycles. The van der Waals surface area contributed by atoms with Gasteiger partial charge in [0.2, 0.25) is 0 Å². The number of benzene rings is 7. The van der Waals surface area contributed by atoms with Gasteiger partial charge in [0, 0.05) is 11.1 Å². The van der Waals surface area contributed by atoms with Crippen molar-refractivity contribution in [3.05, 3.63) is 217 Å². The van der Waals surface area contributed by atoms with Gasteiger partial charge in [-0.25, -0.2) is 0 Å². The summed E-state index contributed by atoms with van der Waals surface area (Å²) in [5.74, 6) is -3.04. The maximum absolute atomic E-state index is 10.3. The molecule has 0 aromatic heterocycles. The number of hydrogen-bond donors (Lipinski definition) is 0. The minimum absolute atomic E-state index is 0.0146. The highest BCUT2D eigenvalue weighted by Crippen LogP contribution is 2.31. The zero-order chi connectivity index (χ0) is 35.0. The third kappa shape index (κ3) is 9.86. The van der Waals surface area contributed by atoms with Crippen LogP contribution < -0.4 is 10.2 Å². The van der Waals surface area contributed by atoms with E-state index >= 15 is 0 Å². The lowest BCUT2D eigenvalue weighted by Crippen LogP contribution is -2.29. The van der Waals surface area contributed by atoms with E-state index in [-0.39, 0.29) is 32.9 Å². The minimum atomic E-state index is -1.52. The zero-order valence-corrected chi connectivity index (χ0v) is 28.7.